The zero-order valence-electron chi connectivity index (χ0n) is 29.6. The van der Waals surface area contributed by atoms with Gasteiger partial charge >= 0.3 is 0 Å². The van der Waals surface area contributed by atoms with Crippen LogP contribution >= 0.6 is 0 Å². The number of halogens is 1. The number of aryl methyl sites for hydroxylation is 1. The lowest BCUT2D eigenvalue weighted by molar-refractivity contribution is -0.146. The van der Waals surface area contributed by atoms with Crippen molar-refractivity contribution in [1.82, 2.24) is 15.0 Å². The number of fused-ring (bicyclic) bond motifs is 2. The highest BCUT2D eigenvalue weighted by atomic mass is 28.4. The van der Waals surface area contributed by atoms with Crippen LogP contribution in [0.3, 0.4) is 0 Å². The van der Waals surface area contributed by atoms with Crippen molar-refractivity contribution in [3.05, 3.63) is 101 Å². The van der Waals surface area contributed by atoms with E-state index in [2.05, 4.69) is 10.3 Å². The lowest BCUT2D eigenvalue weighted by atomic mass is 9.82. The minimum absolute atomic E-state index is 0.0175. The minimum Gasteiger partial charge on any atom is -0.395 e. The molecule has 0 saturated carbocycles. The number of β-lactam (4-membered cyclic amide) rings is 2. The Labute approximate surface area is 303 Å². The molecule has 270 valence electrons. The van der Waals surface area contributed by atoms with E-state index in [1.807, 2.05) is 85.9 Å². The maximum atomic E-state index is 16.5. The van der Waals surface area contributed by atoms with E-state index in [0.717, 1.165) is 16.8 Å². The minimum atomic E-state index is -3.43. The Balaban J connectivity index is 1.12. The number of amides is 3. The first kappa shape index (κ1) is 34.4. The van der Waals surface area contributed by atoms with Crippen LogP contribution in [0.2, 0.25) is 18.6 Å². The Bertz CT molecular complexity index is 2040. The van der Waals surface area contributed by atoms with Gasteiger partial charge in [0, 0.05) is 67.1 Å². The van der Waals surface area contributed by atoms with Crippen LogP contribution in [0.1, 0.15) is 54.5 Å². The molecule has 1 unspecified atom stereocenters. The molecule has 4 aliphatic rings. The number of anilines is 3. The fraction of sp³-hybridized carbons (Fsp3) is 0.410. The molecular weight excluding hydrogens is 680 g/mol. The monoisotopic (exact) mass is 722 g/mol. The predicted molar refractivity (Wildman–Crippen MR) is 196 cm³/mol. The van der Waals surface area contributed by atoms with Crippen molar-refractivity contribution < 1.29 is 28.3 Å². The molecule has 13 heteroatoms. The Hall–Kier alpha value is -4.72. The molecule has 0 radical (unpaired) electrons. The molecule has 3 saturated heterocycles. The molecule has 3 aromatic carbocycles. The SMILES string of the molecule is C[C@@H]1[C@@H]([Si](C)(C)F)[C@H](CCn2cc(C(CO)c3ccccc3)nn2)O[C@@]12C(=O)N(Cc1cccc(N3CCC3=O)c1)c1ccc(N3CCC3=O)cc12. The van der Waals surface area contributed by atoms with Crippen molar-refractivity contribution >= 4 is 43.2 Å². The van der Waals surface area contributed by atoms with E-state index in [1.165, 1.54) is 0 Å². The quantitative estimate of drug-likeness (QED) is 0.127. The highest BCUT2D eigenvalue weighted by Gasteiger charge is 2.66. The molecule has 3 fully saturated rings. The number of aromatic nitrogens is 3. The maximum Gasteiger partial charge on any atom is 0.264 e. The number of rotatable bonds is 11. The van der Waals surface area contributed by atoms with Gasteiger partial charge in [0.15, 0.2) is 5.60 Å². The van der Waals surface area contributed by atoms with Crippen LogP contribution in [0, 0.1) is 5.92 Å². The summed E-state index contributed by atoms with van der Waals surface area (Å²) in [7, 11) is -3.43. The van der Waals surface area contributed by atoms with Gasteiger partial charge in [-0.15, -0.1) is 5.10 Å². The van der Waals surface area contributed by atoms with Crippen molar-refractivity contribution in [1.29, 1.82) is 0 Å². The second kappa shape index (κ2) is 13.0. The third-order valence-electron chi connectivity index (χ3n) is 11.5. The van der Waals surface area contributed by atoms with E-state index < -0.39 is 31.6 Å². The van der Waals surface area contributed by atoms with Crippen LogP contribution in [-0.4, -0.2) is 72.0 Å². The van der Waals surface area contributed by atoms with Crippen LogP contribution in [-0.2, 0) is 37.8 Å². The van der Waals surface area contributed by atoms with Crippen LogP contribution in [0.5, 0.6) is 0 Å². The number of hydrogen-bond acceptors (Lipinski definition) is 7. The highest BCUT2D eigenvalue weighted by molar-refractivity contribution is 6.72. The molecule has 1 aromatic heterocycles. The molecule has 4 aliphatic heterocycles. The third kappa shape index (κ3) is 5.66. The summed E-state index contributed by atoms with van der Waals surface area (Å²) < 4.78 is 25.2. The van der Waals surface area contributed by atoms with Gasteiger partial charge in [-0.25, -0.2) is 0 Å². The van der Waals surface area contributed by atoms with E-state index in [0.29, 0.717) is 61.5 Å². The number of aliphatic hydroxyl groups is 1. The Morgan fingerprint density at radius 1 is 0.962 bits per heavy atom. The van der Waals surface area contributed by atoms with Crippen molar-refractivity contribution in [2.75, 3.05) is 34.4 Å². The van der Waals surface area contributed by atoms with E-state index in [-0.39, 0.29) is 36.8 Å². The normalized spacial score (nSPS) is 24.8. The summed E-state index contributed by atoms with van der Waals surface area (Å²) in [5.41, 5.74) is 3.26. The van der Waals surface area contributed by atoms with Crippen LogP contribution < -0.4 is 14.7 Å². The topological polar surface area (TPSA) is 121 Å². The lowest BCUT2D eigenvalue weighted by Gasteiger charge is -2.33. The Morgan fingerprint density at radius 2 is 1.67 bits per heavy atom. The van der Waals surface area contributed by atoms with Crippen molar-refractivity contribution in [3.8, 4) is 0 Å². The van der Waals surface area contributed by atoms with Gasteiger partial charge < -0.3 is 28.7 Å². The molecule has 5 atom stereocenters. The second-order valence-electron chi connectivity index (χ2n) is 15.0. The van der Waals surface area contributed by atoms with Gasteiger partial charge in [-0.05, 0) is 61.0 Å². The van der Waals surface area contributed by atoms with Crippen LogP contribution in [0.15, 0.2) is 79.0 Å². The molecular formula is C39H43FN6O5Si. The summed E-state index contributed by atoms with van der Waals surface area (Å²) >= 11 is 0. The van der Waals surface area contributed by atoms with Gasteiger partial charge in [-0.2, -0.15) is 0 Å². The zero-order valence-corrected chi connectivity index (χ0v) is 30.6. The molecule has 3 amide bonds. The van der Waals surface area contributed by atoms with Crippen molar-refractivity contribution in [3.63, 3.8) is 0 Å². The first-order valence-electron chi connectivity index (χ1n) is 18.1. The smallest absolute Gasteiger partial charge is 0.264 e. The second-order valence-corrected chi connectivity index (χ2v) is 18.8. The Morgan fingerprint density at radius 3 is 2.31 bits per heavy atom. The van der Waals surface area contributed by atoms with Crippen molar-refractivity contribution in [2.45, 2.75) is 75.5 Å². The molecule has 1 N–H and O–H groups in total. The standard InChI is InChI=1S/C39H43FN6O5Si/c1-25-37(52(2,3)40)34(14-17-43-23-32(41-42-43)30(24-47)27-9-5-4-6-10-27)51-39(25)31-21-29(45-19-16-36(45)49)12-13-33(31)46(38(39)50)22-26-8-7-11-28(20-26)44-18-15-35(44)48/h4-13,20-21,23,25,30,34,37,47H,14-19,22,24H2,1-3H3/t25-,30?,34+,37-,39+/m1/s1. The fourth-order valence-corrected chi connectivity index (χ4v) is 11.3. The molecule has 0 bridgehead atoms. The summed E-state index contributed by atoms with van der Waals surface area (Å²) in [4.78, 5) is 44.9. The molecule has 11 nitrogen and oxygen atoms in total. The molecule has 8 rings (SSSR count). The number of carbonyl (C=O) groups excluding carboxylic acids is 3. The van der Waals surface area contributed by atoms with E-state index >= 15 is 8.90 Å². The molecule has 5 heterocycles. The van der Waals surface area contributed by atoms with E-state index in [4.69, 9.17) is 4.74 Å². The molecule has 0 aliphatic carbocycles. The van der Waals surface area contributed by atoms with Crippen molar-refractivity contribution in [2.24, 2.45) is 5.92 Å². The summed E-state index contributed by atoms with van der Waals surface area (Å²) in [6, 6.07) is 22.9. The van der Waals surface area contributed by atoms with Gasteiger partial charge in [-0.3, -0.25) is 19.1 Å². The number of carbonyl (C=O) groups is 3. The first-order valence-corrected chi connectivity index (χ1v) is 21.0. The largest absolute Gasteiger partial charge is 0.395 e. The average Bonchev–Trinajstić information content (AvgIpc) is 3.77. The summed E-state index contributed by atoms with van der Waals surface area (Å²) in [5, 5.41) is 18.9. The molecule has 4 aromatic rings. The van der Waals surface area contributed by atoms with Gasteiger partial charge in [0.25, 0.3) is 5.91 Å². The van der Waals surface area contributed by atoms with E-state index in [1.54, 1.807) is 32.5 Å². The third-order valence-corrected chi connectivity index (χ3v) is 13.9. The predicted octanol–water partition coefficient (Wildman–Crippen LogP) is 5.29. The number of aliphatic hydroxyl groups excluding tert-OH is 1. The number of hydrogen-bond donors (Lipinski definition) is 1. The highest BCUT2D eigenvalue weighted by Crippen LogP contribution is 2.61. The average molecular weight is 723 g/mol. The first-order chi connectivity index (χ1) is 25.0. The fourth-order valence-electron chi connectivity index (χ4n) is 8.71. The summed E-state index contributed by atoms with van der Waals surface area (Å²) in [6.45, 7) is 7.04. The lowest BCUT2D eigenvalue weighted by Crippen LogP contribution is -2.45. The molecule has 52 heavy (non-hydrogen) atoms. The van der Waals surface area contributed by atoms with Gasteiger partial charge in [0.1, 0.15) is 0 Å². The summed E-state index contributed by atoms with van der Waals surface area (Å²) in [6.07, 6.45) is 2.60. The molecule has 1 spiro atoms. The van der Waals surface area contributed by atoms with Gasteiger partial charge in [-0.1, -0.05) is 54.6 Å². The number of benzene rings is 3. The zero-order chi connectivity index (χ0) is 36.4. The van der Waals surface area contributed by atoms with Crippen LogP contribution in [0.25, 0.3) is 0 Å². The van der Waals surface area contributed by atoms with E-state index in [9.17, 15) is 14.7 Å². The maximum absolute atomic E-state index is 16.5. The Kier molecular flexibility index (Phi) is 8.62. The van der Waals surface area contributed by atoms with Gasteiger partial charge in [0.2, 0.25) is 20.2 Å². The summed E-state index contributed by atoms with van der Waals surface area (Å²) in [5.74, 6) is -1.000. The van der Waals surface area contributed by atoms with Gasteiger partial charge in [0.05, 0.1) is 36.6 Å². The van der Waals surface area contributed by atoms with Crippen LogP contribution in [0.4, 0.5) is 21.2 Å². The number of nitrogens with zero attached hydrogens (tertiary/aromatic N) is 6. The number of ether oxygens (including phenoxy) is 1.